The van der Waals surface area contributed by atoms with E-state index in [1.54, 1.807) is 12.1 Å². The highest BCUT2D eigenvalue weighted by atomic mass is 19.1. The molecular formula is C16H15FO3. The van der Waals surface area contributed by atoms with Crippen LogP contribution in [0.25, 0.3) is 0 Å². The second-order valence-corrected chi connectivity index (χ2v) is 4.78. The first kappa shape index (κ1) is 14.1. The van der Waals surface area contributed by atoms with Crippen molar-refractivity contribution in [3.63, 3.8) is 0 Å². The minimum atomic E-state index is -1.17. The Hall–Kier alpha value is -2.36. The first-order chi connectivity index (χ1) is 9.47. The lowest BCUT2D eigenvalue weighted by molar-refractivity contribution is 0.0696. The van der Waals surface area contributed by atoms with Crippen molar-refractivity contribution in [3.05, 3.63) is 59.4 Å². The molecule has 0 atom stereocenters. The average molecular weight is 274 g/mol. The molecule has 0 heterocycles. The Bertz CT molecular complexity index is 618. The zero-order valence-electron chi connectivity index (χ0n) is 11.3. The van der Waals surface area contributed by atoms with E-state index in [0.717, 1.165) is 6.07 Å². The predicted octanol–water partition coefficient (Wildman–Crippen LogP) is 4.44. The van der Waals surface area contributed by atoms with E-state index in [1.807, 2.05) is 12.1 Å². The average Bonchev–Trinajstić information content (AvgIpc) is 2.41. The smallest absolute Gasteiger partial charge is 0.335 e. The predicted molar refractivity (Wildman–Crippen MR) is 74.0 cm³/mol. The van der Waals surface area contributed by atoms with Gasteiger partial charge in [0.1, 0.15) is 5.75 Å². The molecule has 20 heavy (non-hydrogen) atoms. The molecule has 0 spiro atoms. The van der Waals surface area contributed by atoms with E-state index in [0.29, 0.717) is 11.7 Å². The van der Waals surface area contributed by atoms with E-state index in [-0.39, 0.29) is 11.3 Å². The second kappa shape index (κ2) is 5.74. The van der Waals surface area contributed by atoms with Gasteiger partial charge in [-0.1, -0.05) is 26.0 Å². The summed E-state index contributed by atoms with van der Waals surface area (Å²) in [6, 6.07) is 10.9. The summed E-state index contributed by atoms with van der Waals surface area (Å²) in [5.41, 5.74) is 1.06. The van der Waals surface area contributed by atoms with Crippen LogP contribution in [0, 0.1) is 5.82 Å². The minimum Gasteiger partial charge on any atom is -0.478 e. The molecule has 4 heteroatoms. The van der Waals surface area contributed by atoms with Crippen molar-refractivity contribution in [1.82, 2.24) is 0 Å². The molecule has 0 fully saturated rings. The number of carboxylic acid groups (broad SMARTS) is 1. The molecule has 0 aliphatic heterocycles. The number of hydrogen-bond acceptors (Lipinski definition) is 2. The van der Waals surface area contributed by atoms with Crippen molar-refractivity contribution in [2.75, 3.05) is 0 Å². The van der Waals surface area contributed by atoms with Crippen LogP contribution in [0.15, 0.2) is 42.5 Å². The molecule has 2 aromatic rings. The van der Waals surface area contributed by atoms with Gasteiger partial charge in [0.25, 0.3) is 0 Å². The summed E-state index contributed by atoms with van der Waals surface area (Å²) in [4.78, 5) is 10.7. The zero-order chi connectivity index (χ0) is 14.7. The SMILES string of the molecule is CC(C)c1ccc(Oc2ccc(C(=O)O)cc2F)cc1. The Morgan fingerprint density at radius 1 is 1.15 bits per heavy atom. The number of carbonyl (C=O) groups is 1. The number of hydrogen-bond donors (Lipinski definition) is 1. The number of rotatable bonds is 4. The van der Waals surface area contributed by atoms with Gasteiger partial charge in [-0.2, -0.15) is 0 Å². The summed E-state index contributed by atoms with van der Waals surface area (Å²) < 4.78 is 19.1. The Morgan fingerprint density at radius 3 is 2.30 bits per heavy atom. The van der Waals surface area contributed by atoms with Crippen molar-refractivity contribution < 1.29 is 19.0 Å². The Labute approximate surface area is 116 Å². The summed E-state index contributed by atoms with van der Waals surface area (Å²) in [6.07, 6.45) is 0. The molecule has 0 saturated carbocycles. The van der Waals surface area contributed by atoms with E-state index in [1.165, 1.54) is 17.7 Å². The van der Waals surface area contributed by atoms with E-state index in [4.69, 9.17) is 9.84 Å². The van der Waals surface area contributed by atoms with Gasteiger partial charge in [0.2, 0.25) is 0 Å². The molecule has 0 amide bonds. The standard InChI is InChI=1S/C16H15FO3/c1-10(2)11-3-6-13(7-4-11)20-15-8-5-12(16(18)19)9-14(15)17/h3-10H,1-2H3,(H,18,19). The third-order valence-corrected chi connectivity index (χ3v) is 2.95. The number of ether oxygens (including phenoxy) is 1. The van der Waals surface area contributed by atoms with Crippen LogP contribution in [-0.2, 0) is 0 Å². The molecule has 0 aliphatic rings. The third kappa shape index (κ3) is 3.15. The van der Waals surface area contributed by atoms with Crippen LogP contribution in [-0.4, -0.2) is 11.1 Å². The van der Waals surface area contributed by atoms with Crippen LogP contribution in [0.5, 0.6) is 11.5 Å². The highest BCUT2D eigenvalue weighted by Crippen LogP contribution is 2.26. The van der Waals surface area contributed by atoms with E-state index < -0.39 is 11.8 Å². The van der Waals surface area contributed by atoms with Gasteiger partial charge in [-0.25, -0.2) is 9.18 Å². The van der Waals surface area contributed by atoms with Gasteiger partial charge in [0.15, 0.2) is 11.6 Å². The molecule has 2 aromatic carbocycles. The number of benzene rings is 2. The molecule has 0 unspecified atom stereocenters. The summed E-state index contributed by atoms with van der Waals surface area (Å²) in [5.74, 6) is -0.936. The Kier molecular flexibility index (Phi) is 4.03. The monoisotopic (exact) mass is 274 g/mol. The van der Waals surface area contributed by atoms with Crippen molar-refractivity contribution in [2.45, 2.75) is 19.8 Å². The van der Waals surface area contributed by atoms with Crippen LogP contribution in [0.3, 0.4) is 0 Å². The van der Waals surface area contributed by atoms with Crippen molar-refractivity contribution >= 4 is 5.97 Å². The second-order valence-electron chi connectivity index (χ2n) is 4.78. The van der Waals surface area contributed by atoms with E-state index in [2.05, 4.69) is 13.8 Å². The molecular weight excluding hydrogens is 259 g/mol. The maximum atomic E-state index is 13.7. The van der Waals surface area contributed by atoms with E-state index >= 15 is 0 Å². The molecule has 3 nitrogen and oxygen atoms in total. The molecule has 0 aromatic heterocycles. The highest BCUT2D eigenvalue weighted by molar-refractivity contribution is 5.87. The lowest BCUT2D eigenvalue weighted by Crippen LogP contribution is -1.98. The quantitative estimate of drug-likeness (QED) is 0.896. The maximum absolute atomic E-state index is 13.7. The van der Waals surface area contributed by atoms with Crippen molar-refractivity contribution in [2.24, 2.45) is 0 Å². The fraction of sp³-hybridized carbons (Fsp3) is 0.188. The molecule has 0 bridgehead atoms. The Balaban J connectivity index is 2.19. The zero-order valence-corrected chi connectivity index (χ0v) is 11.3. The van der Waals surface area contributed by atoms with Crippen LogP contribution in [0.4, 0.5) is 4.39 Å². The Morgan fingerprint density at radius 2 is 1.80 bits per heavy atom. The summed E-state index contributed by atoms with van der Waals surface area (Å²) in [5, 5.41) is 8.76. The number of aromatic carboxylic acids is 1. The van der Waals surface area contributed by atoms with Crippen LogP contribution >= 0.6 is 0 Å². The summed E-state index contributed by atoms with van der Waals surface area (Å²) in [7, 11) is 0. The van der Waals surface area contributed by atoms with Gasteiger partial charge in [-0.3, -0.25) is 0 Å². The van der Waals surface area contributed by atoms with Gasteiger partial charge in [0.05, 0.1) is 5.56 Å². The lowest BCUT2D eigenvalue weighted by Gasteiger charge is -2.09. The third-order valence-electron chi connectivity index (χ3n) is 2.95. The van der Waals surface area contributed by atoms with Gasteiger partial charge >= 0.3 is 5.97 Å². The molecule has 0 radical (unpaired) electrons. The number of halogens is 1. The fourth-order valence-electron chi connectivity index (χ4n) is 1.76. The topological polar surface area (TPSA) is 46.5 Å². The molecule has 104 valence electrons. The van der Waals surface area contributed by atoms with Gasteiger partial charge < -0.3 is 9.84 Å². The minimum absolute atomic E-state index is 0.00676. The summed E-state index contributed by atoms with van der Waals surface area (Å²) in [6.45, 7) is 4.17. The normalized spacial score (nSPS) is 10.6. The van der Waals surface area contributed by atoms with Gasteiger partial charge in [0, 0.05) is 0 Å². The van der Waals surface area contributed by atoms with Crippen LogP contribution in [0.2, 0.25) is 0 Å². The van der Waals surface area contributed by atoms with Crippen LogP contribution < -0.4 is 4.74 Å². The fourth-order valence-corrected chi connectivity index (χ4v) is 1.76. The molecule has 2 rings (SSSR count). The van der Waals surface area contributed by atoms with Crippen molar-refractivity contribution in [3.8, 4) is 11.5 Å². The van der Waals surface area contributed by atoms with Crippen LogP contribution in [0.1, 0.15) is 35.7 Å². The highest BCUT2D eigenvalue weighted by Gasteiger charge is 2.10. The van der Waals surface area contributed by atoms with E-state index in [9.17, 15) is 9.18 Å². The summed E-state index contributed by atoms with van der Waals surface area (Å²) >= 11 is 0. The van der Waals surface area contributed by atoms with Crippen molar-refractivity contribution in [1.29, 1.82) is 0 Å². The number of carboxylic acids is 1. The first-order valence-corrected chi connectivity index (χ1v) is 6.28. The maximum Gasteiger partial charge on any atom is 0.335 e. The largest absolute Gasteiger partial charge is 0.478 e. The van der Waals surface area contributed by atoms with Gasteiger partial charge in [-0.15, -0.1) is 0 Å². The lowest BCUT2D eigenvalue weighted by atomic mass is 10.0. The molecule has 1 N–H and O–H groups in total. The van der Waals surface area contributed by atoms with Gasteiger partial charge in [-0.05, 0) is 41.8 Å². The molecule has 0 saturated heterocycles. The molecule has 0 aliphatic carbocycles. The first-order valence-electron chi connectivity index (χ1n) is 6.28.